The molecule has 0 N–H and O–H groups in total. The van der Waals surface area contributed by atoms with E-state index < -0.39 is 0 Å². The topological polar surface area (TPSA) is 17.1 Å². The quantitative estimate of drug-likeness (QED) is 0.701. The molecule has 0 heterocycles. The van der Waals surface area contributed by atoms with Crippen LogP contribution >= 0.6 is 23.2 Å². The number of hydrogen-bond donors (Lipinski definition) is 0. The van der Waals surface area contributed by atoms with Crippen molar-refractivity contribution in [2.24, 2.45) is 0 Å². The van der Waals surface area contributed by atoms with Gasteiger partial charge < -0.3 is 0 Å². The Morgan fingerprint density at radius 3 is 1.55 bits per heavy atom. The van der Waals surface area contributed by atoms with Gasteiger partial charge in [0.1, 0.15) is 0 Å². The largest absolute Gasteiger partial charge is 0.290 e. The molecule has 0 aliphatic rings. The van der Waals surface area contributed by atoms with Gasteiger partial charge >= 0.3 is 0 Å². The maximum atomic E-state index is 11.8. The Morgan fingerprint density at radius 2 is 1.15 bits per heavy atom. The number of carbonyl (C=O) groups is 1. The molecule has 3 heteroatoms. The molecule has 2 aromatic carbocycles. The first kappa shape index (κ1) is 14.6. The predicted molar refractivity (Wildman–Crippen MR) is 86.0 cm³/mol. The van der Waals surface area contributed by atoms with Gasteiger partial charge in [0.05, 0.1) is 0 Å². The molecule has 0 fully saturated rings. The van der Waals surface area contributed by atoms with E-state index in [1.54, 1.807) is 24.3 Å². The van der Waals surface area contributed by atoms with Crippen molar-refractivity contribution in [1.82, 2.24) is 0 Å². The molecule has 20 heavy (non-hydrogen) atoms. The van der Waals surface area contributed by atoms with E-state index in [9.17, 15) is 4.79 Å². The lowest BCUT2D eigenvalue weighted by Gasteiger charge is -1.96. The van der Waals surface area contributed by atoms with Crippen molar-refractivity contribution >= 4 is 41.1 Å². The average molecular weight is 303 g/mol. The second kappa shape index (κ2) is 7.09. The van der Waals surface area contributed by atoms with Gasteiger partial charge in [-0.1, -0.05) is 59.6 Å². The first-order chi connectivity index (χ1) is 9.66. The smallest absolute Gasteiger partial charge is 0.178 e. The summed E-state index contributed by atoms with van der Waals surface area (Å²) in [5.74, 6) is -0.121. The summed E-state index contributed by atoms with van der Waals surface area (Å²) >= 11 is 12.0. The van der Waals surface area contributed by atoms with Crippen molar-refractivity contribution in [2.75, 3.05) is 0 Å². The van der Waals surface area contributed by atoms with Crippen LogP contribution in [0, 0.1) is 0 Å². The van der Waals surface area contributed by atoms with Crippen molar-refractivity contribution in [2.45, 2.75) is 0 Å². The van der Waals surface area contributed by atoms with E-state index in [0.29, 0.717) is 10.0 Å². The lowest BCUT2D eigenvalue weighted by atomic mass is 10.1. The van der Waals surface area contributed by atoms with Crippen LogP contribution in [0.1, 0.15) is 11.1 Å². The minimum absolute atomic E-state index is 0.121. The van der Waals surface area contributed by atoms with Crippen molar-refractivity contribution < 1.29 is 4.79 Å². The number of ketones is 1. The summed E-state index contributed by atoms with van der Waals surface area (Å²) in [5.41, 5.74) is 1.63. The molecule has 0 aromatic heterocycles. The lowest BCUT2D eigenvalue weighted by Crippen LogP contribution is -1.85. The fraction of sp³-hybridized carbons (Fsp3) is 0. The highest BCUT2D eigenvalue weighted by molar-refractivity contribution is 6.32. The molecule has 100 valence electrons. The molecule has 0 aliphatic carbocycles. The van der Waals surface area contributed by atoms with Crippen molar-refractivity contribution in [3.63, 3.8) is 0 Å². The first-order valence-electron chi connectivity index (χ1n) is 6.06. The molecule has 0 atom stereocenters. The van der Waals surface area contributed by atoms with Crippen LogP contribution in [-0.2, 0) is 4.79 Å². The Hall–Kier alpha value is -1.83. The van der Waals surface area contributed by atoms with Crippen LogP contribution < -0.4 is 0 Å². The first-order valence-corrected chi connectivity index (χ1v) is 6.81. The van der Waals surface area contributed by atoms with E-state index in [1.807, 2.05) is 36.4 Å². The summed E-state index contributed by atoms with van der Waals surface area (Å²) in [6, 6.07) is 14.7. The number of benzene rings is 2. The monoisotopic (exact) mass is 302 g/mol. The van der Waals surface area contributed by atoms with Gasteiger partial charge in [0, 0.05) is 10.0 Å². The van der Waals surface area contributed by atoms with E-state index in [4.69, 9.17) is 23.2 Å². The predicted octanol–water partition coefficient (Wildman–Crippen LogP) is 5.29. The second-order valence-corrected chi connectivity index (χ2v) is 4.93. The molecule has 2 rings (SSSR count). The highest BCUT2D eigenvalue weighted by Crippen LogP contribution is 2.17. The minimum atomic E-state index is -0.121. The maximum absolute atomic E-state index is 11.8. The molecule has 0 aliphatic heterocycles. The summed E-state index contributed by atoms with van der Waals surface area (Å²) in [4.78, 5) is 11.8. The van der Waals surface area contributed by atoms with Gasteiger partial charge in [-0.25, -0.2) is 0 Å². The number of halogens is 2. The molecule has 0 amide bonds. The second-order valence-electron chi connectivity index (χ2n) is 4.11. The SMILES string of the molecule is O=C(/C=C\c1ccccc1Cl)/C=C\c1ccccc1Cl. The van der Waals surface area contributed by atoms with E-state index in [0.717, 1.165) is 11.1 Å². The van der Waals surface area contributed by atoms with Crippen LogP contribution in [0.5, 0.6) is 0 Å². The van der Waals surface area contributed by atoms with Gasteiger partial charge in [-0.3, -0.25) is 4.79 Å². The highest BCUT2D eigenvalue weighted by atomic mass is 35.5. The minimum Gasteiger partial charge on any atom is -0.290 e. The van der Waals surface area contributed by atoms with E-state index in [1.165, 1.54) is 12.2 Å². The zero-order valence-electron chi connectivity index (χ0n) is 10.6. The normalized spacial score (nSPS) is 11.3. The van der Waals surface area contributed by atoms with Crippen LogP contribution in [0.3, 0.4) is 0 Å². The van der Waals surface area contributed by atoms with Gasteiger partial charge in [-0.15, -0.1) is 0 Å². The molecule has 2 aromatic rings. The van der Waals surface area contributed by atoms with Crippen LogP contribution in [0.4, 0.5) is 0 Å². The lowest BCUT2D eigenvalue weighted by molar-refractivity contribution is -0.110. The van der Waals surface area contributed by atoms with Gasteiger partial charge in [-0.05, 0) is 47.6 Å². The number of rotatable bonds is 4. The van der Waals surface area contributed by atoms with Crippen LogP contribution in [0.15, 0.2) is 60.7 Å². The van der Waals surface area contributed by atoms with Crippen molar-refractivity contribution in [3.8, 4) is 0 Å². The van der Waals surface area contributed by atoms with Crippen LogP contribution in [0.25, 0.3) is 12.2 Å². The molecular weight excluding hydrogens is 291 g/mol. The Morgan fingerprint density at radius 1 is 0.750 bits per heavy atom. The van der Waals surface area contributed by atoms with Crippen molar-refractivity contribution in [1.29, 1.82) is 0 Å². The fourth-order valence-corrected chi connectivity index (χ4v) is 2.02. The molecule has 0 radical (unpaired) electrons. The van der Waals surface area contributed by atoms with Crippen LogP contribution in [-0.4, -0.2) is 5.78 Å². The third-order valence-electron chi connectivity index (χ3n) is 2.66. The van der Waals surface area contributed by atoms with Crippen molar-refractivity contribution in [3.05, 3.63) is 81.9 Å². The van der Waals surface area contributed by atoms with E-state index in [2.05, 4.69) is 0 Å². The Kier molecular flexibility index (Phi) is 5.16. The standard InChI is InChI=1S/C17H12Cl2O/c18-16-7-3-1-5-13(16)9-11-15(20)12-10-14-6-2-4-8-17(14)19/h1-12H/b11-9-,12-10-. The summed E-state index contributed by atoms with van der Waals surface area (Å²) in [6.07, 6.45) is 6.35. The summed E-state index contributed by atoms with van der Waals surface area (Å²) in [6.45, 7) is 0. The summed E-state index contributed by atoms with van der Waals surface area (Å²) < 4.78 is 0. The van der Waals surface area contributed by atoms with Gasteiger partial charge in [0.15, 0.2) is 5.78 Å². The van der Waals surface area contributed by atoms with Gasteiger partial charge in [0.25, 0.3) is 0 Å². The molecule has 0 saturated heterocycles. The molecule has 1 nitrogen and oxygen atoms in total. The third-order valence-corrected chi connectivity index (χ3v) is 3.35. The Labute approximate surface area is 128 Å². The fourth-order valence-electron chi connectivity index (χ4n) is 1.62. The molecular formula is C17H12Cl2O. The number of hydrogen-bond acceptors (Lipinski definition) is 1. The third kappa shape index (κ3) is 4.09. The number of carbonyl (C=O) groups excluding carboxylic acids is 1. The molecule has 0 unspecified atom stereocenters. The molecule has 0 bridgehead atoms. The maximum Gasteiger partial charge on any atom is 0.178 e. The summed E-state index contributed by atoms with van der Waals surface area (Å²) in [7, 11) is 0. The van der Waals surface area contributed by atoms with E-state index >= 15 is 0 Å². The average Bonchev–Trinajstić information content (AvgIpc) is 2.45. The number of allylic oxidation sites excluding steroid dienone is 2. The molecule has 0 spiro atoms. The van der Waals surface area contributed by atoms with Gasteiger partial charge in [-0.2, -0.15) is 0 Å². The highest BCUT2D eigenvalue weighted by Gasteiger charge is 1.97. The zero-order chi connectivity index (χ0) is 14.4. The zero-order valence-corrected chi connectivity index (χ0v) is 12.1. The Bertz CT molecular complexity index is 615. The summed E-state index contributed by atoms with van der Waals surface area (Å²) in [5, 5.41) is 1.23. The van der Waals surface area contributed by atoms with E-state index in [-0.39, 0.29) is 5.78 Å². The Balaban J connectivity index is 2.07. The molecule has 0 saturated carbocycles. The van der Waals surface area contributed by atoms with Crippen LogP contribution in [0.2, 0.25) is 10.0 Å². The van der Waals surface area contributed by atoms with Gasteiger partial charge in [0.2, 0.25) is 0 Å².